The molecule has 1 amide bonds. The maximum atomic E-state index is 14.0. The van der Waals surface area contributed by atoms with Crippen molar-refractivity contribution in [3.63, 3.8) is 0 Å². The van der Waals surface area contributed by atoms with Crippen LogP contribution in [-0.2, 0) is 20.2 Å². The highest BCUT2D eigenvalue weighted by Crippen LogP contribution is 2.52. The molecule has 2 aliphatic heterocycles. The Labute approximate surface area is 196 Å². The van der Waals surface area contributed by atoms with Crippen LogP contribution in [-0.4, -0.2) is 49.5 Å². The lowest BCUT2D eigenvalue weighted by atomic mass is 9.85. The largest absolute Gasteiger partial charge is 0.435 e. The summed E-state index contributed by atoms with van der Waals surface area (Å²) in [5.74, 6) is -3.38. The van der Waals surface area contributed by atoms with Crippen molar-refractivity contribution in [2.45, 2.75) is 31.7 Å². The molecule has 35 heavy (non-hydrogen) atoms. The molecule has 13 heteroatoms. The standard InChI is InChI=1S/C22H18F5NO6S/c1-20(10-35(32,33)11-20)9-17(29)12-5-6-16-15(7-12)21(31,22(25,26)27)18(30)28(16)13-3-2-4-14(8-13)34-19(23)24/h2-8,19,31H,9-11H2,1H3. The highest BCUT2D eigenvalue weighted by atomic mass is 32.2. The Morgan fingerprint density at radius 1 is 1.17 bits per heavy atom. The molecule has 0 aliphatic carbocycles. The fraction of sp³-hybridized carbons (Fsp3) is 0.364. The minimum Gasteiger partial charge on any atom is -0.435 e. The number of aliphatic hydroxyl groups is 1. The number of nitrogens with zero attached hydrogens (tertiary/aromatic N) is 1. The Bertz CT molecular complexity index is 1310. The molecule has 1 saturated heterocycles. The minimum atomic E-state index is -5.49. The van der Waals surface area contributed by atoms with Gasteiger partial charge in [0.15, 0.2) is 15.6 Å². The molecule has 7 nitrogen and oxygen atoms in total. The number of amides is 1. The first-order chi connectivity index (χ1) is 16.1. The van der Waals surface area contributed by atoms with Crippen molar-refractivity contribution < 1.29 is 49.8 Å². The number of fused-ring (bicyclic) bond motifs is 1. The number of carbonyl (C=O) groups excluding carboxylic acids is 2. The minimum absolute atomic E-state index is 0.244. The number of hydrogen-bond donors (Lipinski definition) is 1. The molecule has 188 valence electrons. The zero-order valence-corrected chi connectivity index (χ0v) is 18.8. The van der Waals surface area contributed by atoms with Gasteiger partial charge in [-0.3, -0.25) is 14.5 Å². The molecule has 0 saturated carbocycles. The molecule has 0 radical (unpaired) electrons. The molecule has 1 atom stereocenters. The summed E-state index contributed by atoms with van der Waals surface area (Å²) < 4.78 is 94.4. The Morgan fingerprint density at radius 3 is 2.40 bits per heavy atom. The summed E-state index contributed by atoms with van der Waals surface area (Å²) in [4.78, 5) is 26.2. The van der Waals surface area contributed by atoms with Crippen molar-refractivity contribution in [1.29, 1.82) is 0 Å². The average Bonchev–Trinajstić information content (AvgIpc) is 2.93. The molecular formula is C22H18F5NO6S. The number of rotatable bonds is 6. The third-order valence-corrected chi connectivity index (χ3v) is 8.17. The molecule has 2 aromatic rings. The van der Waals surface area contributed by atoms with E-state index in [1.807, 2.05) is 0 Å². The van der Waals surface area contributed by atoms with Crippen LogP contribution < -0.4 is 9.64 Å². The molecule has 1 unspecified atom stereocenters. The number of sulfone groups is 1. The second-order valence-electron chi connectivity index (χ2n) is 8.90. The number of carbonyl (C=O) groups is 2. The second kappa shape index (κ2) is 7.98. The van der Waals surface area contributed by atoms with Gasteiger partial charge in [-0.2, -0.15) is 22.0 Å². The van der Waals surface area contributed by atoms with Gasteiger partial charge in [-0.25, -0.2) is 8.42 Å². The Morgan fingerprint density at radius 2 is 1.83 bits per heavy atom. The molecule has 0 spiro atoms. The summed E-state index contributed by atoms with van der Waals surface area (Å²) in [7, 11) is -3.27. The maximum Gasteiger partial charge on any atom is 0.430 e. The Kier molecular flexibility index (Phi) is 5.71. The number of halogens is 5. The summed E-state index contributed by atoms with van der Waals surface area (Å²) in [5, 5.41) is 10.6. The van der Waals surface area contributed by atoms with Crippen LogP contribution >= 0.6 is 0 Å². The molecule has 4 rings (SSSR count). The number of benzene rings is 2. The highest BCUT2D eigenvalue weighted by Gasteiger charge is 2.67. The van der Waals surface area contributed by atoms with E-state index in [-0.39, 0.29) is 29.2 Å². The number of hydrogen-bond acceptors (Lipinski definition) is 6. The molecule has 2 heterocycles. The van der Waals surface area contributed by atoms with Crippen molar-refractivity contribution in [3.8, 4) is 5.75 Å². The molecule has 1 N–H and O–H groups in total. The van der Waals surface area contributed by atoms with Gasteiger partial charge in [0.2, 0.25) is 0 Å². The summed E-state index contributed by atoms with van der Waals surface area (Å²) >= 11 is 0. The van der Waals surface area contributed by atoms with Gasteiger partial charge in [-0.1, -0.05) is 13.0 Å². The van der Waals surface area contributed by atoms with Gasteiger partial charge < -0.3 is 9.84 Å². The molecule has 2 aromatic carbocycles. The highest BCUT2D eigenvalue weighted by molar-refractivity contribution is 7.92. The smallest absolute Gasteiger partial charge is 0.430 e. The van der Waals surface area contributed by atoms with Gasteiger partial charge in [0.1, 0.15) is 5.75 Å². The first kappa shape index (κ1) is 25.0. The van der Waals surface area contributed by atoms with E-state index in [0.717, 1.165) is 30.3 Å². The van der Waals surface area contributed by atoms with Gasteiger partial charge in [-0.15, -0.1) is 0 Å². The lowest BCUT2D eigenvalue weighted by molar-refractivity contribution is -0.253. The topological polar surface area (TPSA) is 101 Å². The summed E-state index contributed by atoms with van der Waals surface area (Å²) in [6.45, 7) is -1.66. The first-order valence-corrected chi connectivity index (χ1v) is 12.0. The van der Waals surface area contributed by atoms with Crippen LogP contribution in [0.15, 0.2) is 42.5 Å². The summed E-state index contributed by atoms with van der Waals surface area (Å²) in [5.41, 5.74) is -6.72. The van der Waals surface area contributed by atoms with Gasteiger partial charge in [0, 0.05) is 29.0 Å². The van der Waals surface area contributed by atoms with E-state index in [9.17, 15) is 45.1 Å². The van der Waals surface area contributed by atoms with Gasteiger partial charge in [0.05, 0.1) is 22.9 Å². The van der Waals surface area contributed by atoms with Crippen molar-refractivity contribution in [2.24, 2.45) is 5.41 Å². The molecule has 0 aromatic heterocycles. The van der Waals surface area contributed by atoms with E-state index in [0.29, 0.717) is 4.90 Å². The van der Waals surface area contributed by atoms with Crippen molar-refractivity contribution in [1.82, 2.24) is 0 Å². The van der Waals surface area contributed by atoms with Crippen molar-refractivity contribution in [2.75, 3.05) is 16.4 Å². The average molecular weight is 519 g/mol. The fourth-order valence-corrected chi connectivity index (χ4v) is 6.76. The van der Waals surface area contributed by atoms with Crippen LogP contribution in [0.25, 0.3) is 0 Å². The van der Waals surface area contributed by atoms with E-state index in [2.05, 4.69) is 4.74 Å². The number of anilines is 2. The van der Waals surface area contributed by atoms with Crippen LogP contribution in [0, 0.1) is 5.41 Å². The van der Waals surface area contributed by atoms with Gasteiger partial charge in [0.25, 0.3) is 11.5 Å². The molecule has 2 aliphatic rings. The number of Topliss-reactive ketones (excluding diaryl/α,β-unsaturated/α-hetero) is 1. The Hall–Kier alpha value is -3.06. The zero-order valence-electron chi connectivity index (χ0n) is 18.0. The lowest BCUT2D eigenvalue weighted by Crippen LogP contribution is -2.49. The van der Waals surface area contributed by atoms with Crippen LogP contribution in [0.3, 0.4) is 0 Å². The number of alkyl halides is 5. The van der Waals surface area contributed by atoms with Crippen molar-refractivity contribution >= 4 is 32.9 Å². The van der Waals surface area contributed by atoms with Crippen LogP contribution in [0.2, 0.25) is 0 Å². The quantitative estimate of drug-likeness (QED) is 0.461. The van der Waals surface area contributed by atoms with E-state index < -0.39 is 62.3 Å². The third kappa shape index (κ3) is 4.27. The normalized spacial score (nSPS) is 22.6. The SMILES string of the molecule is CC1(CC(=O)c2ccc3c(c2)C(O)(C(F)(F)F)C(=O)N3c2cccc(OC(F)F)c2)CS(=O)(=O)C1. The predicted octanol–water partition coefficient (Wildman–Crippen LogP) is 3.72. The second-order valence-corrected chi connectivity index (χ2v) is 11.0. The molecule has 1 fully saturated rings. The zero-order chi connectivity index (χ0) is 26.0. The first-order valence-electron chi connectivity index (χ1n) is 10.1. The third-order valence-electron chi connectivity index (χ3n) is 5.90. The number of ether oxygens (including phenoxy) is 1. The summed E-state index contributed by atoms with van der Waals surface area (Å²) in [6.07, 6.45) is -5.75. The van der Waals surface area contributed by atoms with Crippen LogP contribution in [0.4, 0.5) is 33.3 Å². The molecule has 0 bridgehead atoms. The van der Waals surface area contributed by atoms with E-state index in [1.165, 1.54) is 12.1 Å². The summed E-state index contributed by atoms with van der Waals surface area (Å²) in [6, 6.07) is 7.29. The monoisotopic (exact) mass is 519 g/mol. The van der Waals surface area contributed by atoms with E-state index in [1.54, 1.807) is 6.92 Å². The van der Waals surface area contributed by atoms with Crippen LogP contribution in [0.5, 0.6) is 5.75 Å². The maximum absolute atomic E-state index is 14.0. The fourth-order valence-electron chi connectivity index (χ4n) is 4.52. The molecular weight excluding hydrogens is 501 g/mol. The number of ketones is 1. The van der Waals surface area contributed by atoms with Crippen molar-refractivity contribution in [3.05, 3.63) is 53.6 Å². The van der Waals surface area contributed by atoms with E-state index >= 15 is 0 Å². The lowest BCUT2D eigenvalue weighted by Gasteiger charge is -2.37. The van der Waals surface area contributed by atoms with Crippen LogP contribution in [0.1, 0.15) is 29.3 Å². The van der Waals surface area contributed by atoms with E-state index in [4.69, 9.17) is 0 Å². The van der Waals surface area contributed by atoms with Gasteiger partial charge >= 0.3 is 12.8 Å². The van der Waals surface area contributed by atoms with Gasteiger partial charge in [-0.05, 0) is 30.3 Å². The Balaban J connectivity index is 1.76. The predicted molar refractivity (Wildman–Crippen MR) is 112 cm³/mol.